The Morgan fingerprint density at radius 3 is 2.88 bits per heavy atom. The minimum absolute atomic E-state index is 0.0827. The lowest BCUT2D eigenvalue weighted by Gasteiger charge is -2.38. The monoisotopic (exact) mass is 338 g/mol. The van der Waals surface area contributed by atoms with Gasteiger partial charge in [-0.15, -0.1) is 0 Å². The number of pyridine rings is 1. The molecule has 6 nitrogen and oxygen atoms in total. The van der Waals surface area contributed by atoms with E-state index in [2.05, 4.69) is 4.98 Å². The first kappa shape index (κ1) is 15.7. The smallest absolute Gasteiger partial charge is 0.329 e. The van der Waals surface area contributed by atoms with Gasteiger partial charge in [-0.2, -0.15) is 0 Å². The van der Waals surface area contributed by atoms with Crippen LogP contribution in [0.3, 0.4) is 0 Å². The van der Waals surface area contributed by atoms with Crippen molar-refractivity contribution in [1.29, 1.82) is 0 Å². The van der Waals surface area contributed by atoms with Gasteiger partial charge in [0.25, 0.3) is 0 Å². The predicted octanol–water partition coefficient (Wildman–Crippen LogP) is 2.16. The second-order valence-electron chi connectivity index (χ2n) is 6.65. The molecule has 6 heteroatoms. The highest BCUT2D eigenvalue weighted by molar-refractivity contribution is 6.22. The number of ketones is 1. The van der Waals surface area contributed by atoms with Crippen molar-refractivity contribution in [2.75, 3.05) is 6.61 Å². The maximum Gasteiger partial charge on any atom is 0.329 e. The number of amides is 1. The van der Waals surface area contributed by atoms with E-state index in [1.165, 1.54) is 6.92 Å². The van der Waals surface area contributed by atoms with Gasteiger partial charge in [0.2, 0.25) is 11.3 Å². The zero-order valence-electron chi connectivity index (χ0n) is 14.1. The number of para-hydroxylation sites is 1. The first-order valence-corrected chi connectivity index (χ1v) is 8.37. The Morgan fingerprint density at radius 2 is 2.12 bits per heavy atom. The molecule has 0 saturated carbocycles. The van der Waals surface area contributed by atoms with Crippen molar-refractivity contribution in [3.63, 3.8) is 0 Å². The lowest BCUT2D eigenvalue weighted by Crippen LogP contribution is -2.56. The van der Waals surface area contributed by atoms with Gasteiger partial charge in [0, 0.05) is 18.4 Å². The zero-order valence-corrected chi connectivity index (χ0v) is 14.1. The minimum atomic E-state index is -1.76. The number of aromatic nitrogens is 1. The van der Waals surface area contributed by atoms with Crippen LogP contribution in [-0.2, 0) is 25.7 Å². The van der Waals surface area contributed by atoms with Gasteiger partial charge in [-0.05, 0) is 31.5 Å². The second-order valence-corrected chi connectivity index (χ2v) is 6.65. The van der Waals surface area contributed by atoms with Crippen LogP contribution in [0.25, 0.3) is 10.9 Å². The molecular weight excluding hydrogens is 320 g/mol. The molecule has 2 atom stereocenters. The van der Waals surface area contributed by atoms with Crippen LogP contribution in [0.15, 0.2) is 30.3 Å². The number of benzene rings is 1. The summed E-state index contributed by atoms with van der Waals surface area (Å²) in [4.78, 5) is 44.2. The summed E-state index contributed by atoms with van der Waals surface area (Å²) in [5.74, 6) is -1.66. The van der Waals surface area contributed by atoms with E-state index in [9.17, 15) is 14.4 Å². The lowest BCUT2D eigenvalue weighted by molar-refractivity contribution is -0.172. The van der Waals surface area contributed by atoms with Crippen LogP contribution in [-0.4, -0.2) is 34.2 Å². The van der Waals surface area contributed by atoms with Gasteiger partial charge in [-0.25, -0.2) is 0 Å². The summed E-state index contributed by atoms with van der Waals surface area (Å²) in [6.45, 7) is 3.52. The fourth-order valence-corrected chi connectivity index (χ4v) is 3.71. The summed E-state index contributed by atoms with van der Waals surface area (Å²) in [5.41, 5.74) is 0.763. The Kier molecular flexibility index (Phi) is 3.39. The van der Waals surface area contributed by atoms with Gasteiger partial charge in [0.05, 0.1) is 23.9 Å². The van der Waals surface area contributed by atoms with Crippen molar-refractivity contribution in [3.05, 3.63) is 41.6 Å². The van der Waals surface area contributed by atoms with Crippen LogP contribution in [0.1, 0.15) is 37.6 Å². The number of hydrogen-bond donors (Lipinski definition) is 0. The molecule has 0 N–H and O–H groups in total. The molecule has 2 aliphatic rings. The fourth-order valence-electron chi connectivity index (χ4n) is 3.71. The number of piperidine rings is 1. The topological polar surface area (TPSA) is 76.6 Å². The third kappa shape index (κ3) is 2.10. The maximum absolute atomic E-state index is 13.0. The third-order valence-electron chi connectivity index (χ3n) is 5.18. The number of fused-ring (bicyclic) bond motifs is 4. The highest BCUT2D eigenvalue weighted by Gasteiger charge is 2.58. The van der Waals surface area contributed by atoms with E-state index in [1.54, 1.807) is 11.8 Å². The Hall–Kier alpha value is -2.76. The van der Waals surface area contributed by atoms with Crippen LogP contribution in [0.2, 0.25) is 0 Å². The molecular formula is C19H18N2O4. The van der Waals surface area contributed by atoms with Gasteiger partial charge < -0.3 is 9.64 Å². The van der Waals surface area contributed by atoms with E-state index in [1.807, 2.05) is 30.3 Å². The second kappa shape index (κ2) is 5.37. The average Bonchev–Trinajstić information content (AvgIpc) is 2.95. The van der Waals surface area contributed by atoms with Crippen molar-refractivity contribution in [3.8, 4) is 0 Å². The SMILES string of the molecule is CCOC(=O)[C@]1(C)C(=O)C[C@H]2c3nc4ccccc4cc3CN2C1=O. The van der Waals surface area contributed by atoms with Gasteiger partial charge in [-0.1, -0.05) is 18.2 Å². The zero-order chi connectivity index (χ0) is 17.8. The van der Waals surface area contributed by atoms with Crippen LogP contribution in [0.4, 0.5) is 0 Å². The number of ether oxygens (including phenoxy) is 1. The molecule has 1 aromatic heterocycles. The molecule has 3 heterocycles. The van der Waals surface area contributed by atoms with Gasteiger partial charge in [0.1, 0.15) is 0 Å². The molecule has 0 radical (unpaired) electrons. The number of carbonyl (C=O) groups excluding carboxylic acids is 3. The first-order chi connectivity index (χ1) is 12.0. The Morgan fingerprint density at radius 1 is 1.36 bits per heavy atom. The first-order valence-electron chi connectivity index (χ1n) is 8.37. The van der Waals surface area contributed by atoms with E-state index < -0.39 is 29.1 Å². The van der Waals surface area contributed by atoms with E-state index in [0.29, 0.717) is 6.54 Å². The molecule has 0 spiro atoms. The molecule has 0 unspecified atom stereocenters. The van der Waals surface area contributed by atoms with Crippen LogP contribution >= 0.6 is 0 Å². The molecule has 1 aromatic carbocycles. The van der Waals surface area contributed by atoms with E-state index >= 15 is 0 Å². The number of nitrogens with zero attached hydrogens (tertiary/aromatic N) is 2. The minimum Gasteiger partial charge on any atom is -0.465 e. The van der Waals surface area contributed by atoms with Crippen molar-refractivity contribution in [1.82, 2.24) is 9.88 Å². The predicted molar refractivity (Wildman–Crippen MR) is 89.4 cm³/mol. The fraction of sp³-hybridized carbons (Fsp3) is 0.368. The molecule has 0 aliphatic carbocycles. The molecule has 1 saturated heterocycles. The molecule has 4 rings (SSSR count). The molecule has 25 heavy (non-hydrogen) atoms. The standard InChI is InChI=1S/C19H18N2O4/c1-3-25-18(24)19(2)15(22)9-14-16-12(10-21(14)17(19)23)8-11-6-4-5-7-13(11)20-16/h4-8,14H,3,9-10H2,1-2H3/t14-,19+/m0/s1. The summed E-state index contributed by atoms with van der Waals surface area (Å²) in [5, 5.41) is 0.994. The van der Waals surface area contributed by atoms with Crippen molar-refractivity contribution in [2.45, 2.75) is 32.9 Å². The Balaban J connectivity index is 1.76. The molecule has 2 aliphatic heterocycles. The van der Waals surface area contributed by atoms with Gasteiger partial charge >= 0.3 is 5.97 Å². The van der Waals surface area contributed by atoms with Crippen LogP contribution < -0.4 is 0 Å². The summed E-state index contributed by atoms with van der Waals surface area (Å²) in [6, 6.07) is 9.33. The number of esters is 1. The van der Waals surface area contributed by atoms with E-state index in [0.717, 1.165) is 22.2 Å². The highest BCUT2D eigenvalue weighted by Crippen LogP contribution is 2.45. The summed E-state index contributed by atoms with van der Waals surface area (Å²) in [6.07, 6.45) is 0.0827. The van der Waals surface area contributed by atoms with E-state index in [-0.39, 0.29) is 13.0 Å². The molecule has 2 aromatic rings. The number of carbonyl (C=O) groups is 3. The van der Waals surface area contributed by atoms with Gasteiger partial charge in [0.15, 0.2) is 5.78 Å². The summed E-state index contributed by atoms with van der Waals surface area (Å²) >= 11 is 0. The highest BCUT2D eigenvalue weighted by atomic mass is 16.5. The maximum atomic E-state index is 13.0. The summed E-state index contributed by atoms with van der Waals surface area (Å²) in [7, 11) is 0. The third-order valence-corrected chi connectivity index (χ3v) is 5.18. The Labute approximate surface area is 144 Å². The average molecular weight is 338 g/mol. The largest absolute Gasteiger partial charge is 0.465 e. The van der Waals surface area contributed by atoms with Crippen molar-refractivity contribution < 1.29 is 19.1 Å². The number of Topliss-reactive ketones (excluding diaryl/α,β-unsaturated/α-hetero) is 1. The number of rotatable bonds is 2. The van der Waals surface area contributed by atoms with E-state index in [4.69, 9.17) is 4.74 Å². The van der Waals surface area contributed by atoms with Crippen molar-refractivity contribution in [2.24, 2.45) is 5.41 Å². The molecule has 128 valence electrons. The normalized spacial score (nSPS) is 25.0. The van der Waals surface area contributed by atoms with Gasteiger partial charge in [-0.3, -0.25) is 19.4 Å². The lowest BCUT2D eigenvalue weighted by atomic mass is 9.77. The Bertz CT molecular complexity index is 923. The molecule has 1 fully saturated rings. The van der Waals surface area contributed by atoms with Crippen LogP contribution in [0, 0.1) is 5.41 Å². The number of hydrogen-bond acceptors (Lipinski definition) is 5. The molecule has 1 amide bonds. The van der Waals surface area contributed by atoms with Crippen molar-refractivity contribution >= 4 is 28.6 Å². The van der Waals surface area contributed by atoms with Crippen LogP contribution in [0.5, 0.6) is 0 Å². The molecule has 0 bridgehead atoms. The quantitative estimate of drug-likeness (QED) is 0.619. The summed E-state index contributed by atoms with van der Waals surface area (Å²) < 4.78 is 4.99.